The van der Waals surface area contributed by atoms with Gasteiger partial charge < -0.3 is 9.80 Å². The summed E-state index contributed by atoms with van der Waals surface area (Å²) >= 11 is 24.6. The van der Waals surface area contributed by atoms with Crippen molar-refractivity contribution in [1.82, 2.24) is 9.80 Å². The van der Waals surface area contributed by atoms with Crippen molar-refractivity contribution >= 4 is 91.0 Å². The normalized spacial score (nSPS) is 24.8. The summed E-state index contributed by atoms with van der Waals surface area (Å²) in [6, 6.07) is 0. The average Bonchev–Trinajstić information content (AvgIpc) is 2.76. The van der Waals surface area contributed by atoms with E-state index in [1.54, 1.807) is 0 Å². The van der Waals surface area contributed by atoms with Crippen LogP contribution in [0.2, 0.25) is 0 Å². The minimum absolute atomic E-state index is 0.776. The molecule has 2 fully saturated rings. The standard InChI is InChI=1S/C10H10N2S6/c1-3-11-7(13)5(17-9(11)15)6-8(14)12(4-2)10(16)18-6/h3-4H2,1-2H3/b6-5+. The average molecular weight is 351 g/mol. The van der Waals surface area contributed by atoms with Crippen LogP contribution >= 0.6 is 72.4 Å². The zero-order valence-corrected chi connectivity index (χ0v) is 14.7. The number of likely N-dealkylation sites (N-methyl/N-ethyl adjacent to an activating group) is 2. The third kappa shape index (κ3) is 2.38. The van der Waals surface area contributed by atoms with Crippen molar-refractivity contribution in [2.45, 2.75) is 13.8 Å². The summed E-state index contributed by atoms with van der Waals surface area (Å²) in [5.41, 5.74) is 0. The smallest absolute Gasteiger partial charge is 0.146 e. The first-order chi connectivity index (χ1) is 8.51. The van der Waals surface area contributed by atoms with E-state index in [0.717, 1.165) is 41.5 Å². The second-order valence-corrected chi connectivity index (χ2v) is 7.55. The van der Waals surface area contributed by atoms with Crippen LogP contribution in [0.15, 0.2) is 9.81 Å². The molecule has 0 aliphatic carbocycles. The van der Waals surface area contributed by atoms with Gasteiger partial charge in [0.05, 0.1) is 9.81 Å². The number of hydrogen-bond acceptors (Lipinski definition) is 6. The molecule has 0 spiro atoms. The quantitative estimate of drug-likeness (QED) is 0.544. The highest BCUT2D eigenvalue weighted by molar-refractivity contribution is 8.30. The van der Waals surface area contributed by atoms with Gasteiger partial charge in [-0.05, 0) is 13.8 Å². The van der Waals surface area contributed by atoms with Crippen LogP contribution in [0.5, 0.6) is 0 Å². The van der Waals surface area contributed by atoms with E-state index in [-0.39, 0.29) is 0 Å². The van der Waals surface area contributed by atoms with Crippen LogP contribution in [-0.2, 0) is 0 Å². The van der Waals surface area contributed by atoms with E-state index in [1.807, 2.05) is 23.6 Å². The van der Waals surface area contributed by atoms with Crippen molar-refractivity contribution in [3.8, 4) is 0 Å². The molecule has 2 saturated heterocycles. The molecule has 0 aromatic rings. The van der Waals surface area contributed by atoms with Crippen LogP contribution in [0.1, 0.15) is 13.8 Å². The van der Waals surface area contributed by atoms with Gasteiger partial charge in [0.15, 0.2) is 0 Å². The minimum Gasteiger partial charge on any atom is -0.317 e. The molecule has 0 saturated carbocycles. The lowest BCUT2D eigenvalue weighted by atomic mass is 10.4. The van der Waals surface area contributed by atoms with Gasteiger partial charge in [-0.25, -0.2) is 0 Å². The van der Waals surface area contributed by atoms with Crippen LogP contribution in [0.25, 0.3) is 0 Å². The van der Waals surface area contributed by atoms with Crippen molar-refractivity contribution in [3.05, 3.63) is 9.81 Å². The van der Waals surface area contributed by atoms with Gasteiger partial charge >= 0.3 is 0 Å². The van der Waals surface area contributed by atoms with Gasteiger partial charge in [-0.2, -0.15) is 0 Å². The van der Waals surface area contributed by atoms with Gasteiger partial charge in [0, 0.05) is 13.1 Å². The minimum atomic E-state index is 0.776. The Hall–Kier alpha value is 0.400. The lowest BCUT2D eigenvalue weighted by Gasteiger charge is -2.14. The van der Waals surface area contributed by atoms with E-state index >= 15 is 0 Å². The van der Waals surface area contributed by atoms with E-state index < -0.39 is 0 Å². The molecular formula is C10H10N2S6. The highest BCUT2D eigenvalue weighted by Gasteiger charge is 2.36. The van der Waals surface area contributed by atoms with E-state index in [4.69, 9.17) is 48.9 Å². The lowest BCUT2D eigenvalue weighted by Crippen LogP contribution is -2.27. The van der Waals surface area contributed by atoms with Crippen LogP contribution in [0.4, 0.5) is 0 Å². The summed E-state index contributed by atoms with van der Waals surface area (Å²) in [6.45, 7) is 5.66. The summed E-state index contributed by atoms with van der Waals surface area (Å²) in [5.74, 6) is 0. The molecule has 0 aromatic heterocycles. The zero-order chi connectivity index (χ0) is 13.4. The second kappa shape index (κ2) is 5.80. The predicted octanol–water partition coefficient (Wildman–Crippen LogP) is 3.56. The van der Waals surface area contributed by atoms with Crippen LogP contribution in [-0.4, -0.2) is 41.5 Å². The fourth-order valence-electron chi connectivity index (χ4n) is 1.62. The number of thiocarbonyl (C=S) groups is 4. The molecule has 2 aliphatic heterocycles. The predicted molar refractivity (Wildman–Crippen MR) is 97.4 cm³/mol. The number of thioether (sulfide) groups is 2. The topological polar surface area (TPSA) is 6.48 Å². The molecular weight excluding hydrogens is 341 g/mol. The summed E-state index contributed by atoms with van der Waals surface area (Å²) in [6.07, 6.45) is 0. The monoisotopic (exact) mass is 350 g/mol. The summed E-state index contributed by atoms with van der Waals surface area (Å²) in [7, 11) is 0. The highest BCUT2D eigenvalue weighted by atomic mass is 32.2. The molecule has 2 aliphatic rings. The molecule has 0 radical (unpaired) electrons. The van der Waals surface area contributed by atoms with Crippen LogP contribution < -0.4 is 0 Å². The van der Waals surface area contributed by atoms with Crippen molar-refractivity contribution < 1.29 is 0 Å². The fourth-order valence-corrected chi connectivity index (χ4v) is 5.85. The van der Waals surface area contributed by atoms with Crippen molar-refractivity contribution in [3.63, 3.8) is 0 Å². The van der Waals surface area contributed by atoms with Gasteiger partial charge in [-0.15, -0.1) is 0 Å². The van der Waals surface area contributed by atoms with E-state index in [0.29, 0.717) is 0 Å². The van der Waals surface area contributed by atoms with Crippen LogP contribution in [0, 0.1) is 0 Å². The Kier molecular flexibility index (Phi) is 4.77. The van der Waals surface area contributed by atoms with Crippen LogP contribution in [0.3, 0.4) is 0 Å². The molecule has 0 aromatic carbocycles. The second-order valence-electron chi connectivity index (χ2n) is 3.49. The Bertz CT molecular complexity index is 451. The number of nitrogens with zero attached hydrogens (tertiary/aromatic N) is 2. The SMILES string of the molecule is CCN1C(=S)S/C(=C2/SC(=S)N(CC)C2=S)C1=S. The summed E-state index contributed by atoms with van der Waals surface area (Å²) in [4.78, 5) is 7.45. The maximum absolute atomic E-state index is 5.47. The van der Waals surface area contributed by atoms with Gasteiger partial charge in [-0.3, -0.25) is 0 Å². The molecule has 0 unspecified atom stereocenters. The molecule has 96 valence electrons. The fraction of sp³-hybridized carbons (Fsp3) is 0.400. The molecule has 0 atom stereocenters. The first-order valence-electron chi connectivity index (χ1n) is 5.32. The molecule has 2 heterocycles. The van der Waals surface area contributed by atoms with Crippen molar-refractivity contribution in [2.24, 2.45) is 0 Å². The Morgan fingerprint density at radius 3 is 1.33 bits per heavy atom. The maximum atomic E-state index is 5.47. The van der Waals surface area contributed by atoms with Gasteiger partial charge in [0.2, 0.25) is 0 Å². The first-order valence-corrected chi connectivity index (χ1v) is 8.59. The third-order valence-electron chi connectivity index (χ3n) is 2.54. The largest absolute Gasteiger partial charge is 0.317 e. The first kappa shape index (κ1) is 14.8. The lowest BCUT2D eigenvalue weighted by molar-refractivity contribution is 0.682. The Morgan fingerprint density at radius 1 is 0.778 bits per heavy atom. The molecule has 8 heteroatoms. The Labute approximate surface area is 137 Å². The highest BCUT2D eigenvalue weighted by Crippen LogP contribution is 2.42. The van der Waals surface area contributed by atoms with E-state index in [9.17, 15) is 0 Å². The molecule has 2 rings (SSSR count). The van der Waals surface area contributed by atoms with Gasteiger partial charge in [-0.1, -0.05) is 72.4 Å². The van der Waals surface area contributed by atoms with Gasteiger partial charge in [0.25, 0.3) is 0 Å². The van der Waals surface area contributed by atoms with E-state index in [2.05, 4.69) is 0 Å². The number of hydrogen-bond donors (Lipinski definition) is 0. The summed E-state index contributed by atoms with van der Waals surface area (Å²) < 4.78 is 1.60. The van der Waals surface area contributed by atoms with Gasteiger partial charge in [0.1, 0.15) is 18.6 Å². The van der Waals surface area contributed by atoms with Crippen molar-refractivity contribution in [1.29, 1.82) is 0 Å². The van der Waals surface area contributed by atoms with Crippen molar-refractivity contribution in [2.75, 3.05) is 13.1 Å². The third-order valence-corrected chi connectivity index (χ3v) is 6.71. The Morgan fingerprint density at radius 2 is 1.11 bits per heavy atom. The number of rotatable bonds is 2. The molecule has 0 bridgehead atoms. The molecule has 0 N–H and O–H groups in total. The maximum Gasteiger partial charge on any atom is 0.146 e. The molecule has 2 nitrogen and oxygen atoms in total. The molecule has 18 heavy (non-hydrogen) atoms. The Balaban J connectivity index is 2.40. The summed E-state index contributed by atoms with van der Waals surface area (Å²) in [5, 5.41) is 0. The van der Waals surface area contributed by atoms with E-state index in [1.165, 1.54) is 23.5 Å². The zero-order valence-electron chi connectivity index (χ0n) is 9.76. The molecule has 0 amide bonds.